The molecule has 2 heterocycles. The van der Waals surface area contributed by atoms with Crippen molar-refractivity contribution in [3.05, 3.63) is 53.6 Å². The highest BCUT2D eigenvalue weighted by molar-refractivity contribution is 5.74. The standard InChI is InChI=1S/C20H28N4O2/c1-16-3-5-17(6-4-16)15-22-20(25)24-10-7-18(8-11-24)19-21-9-12-23(19)13-14-26-2/h3-6,9,12,18H,7-8,10-11,13-15H2,1-2H3,(H,22,25). The fraction of sp³-hybridized carbons (Fsp3) is 0.500. The van der Waals surface area contributed by atoms with E-state index in [9.17, 15) is 4.79 Å². The van der Waals surface area contributed by atoms with Crippen molar-refractivity contribution in [1.82, 2.24) is 19.8 Å². The second-order valence-electron chi connectivity index (χ2n) is 6.88. The van der Waals surface area contributed by atoms with Crippen LogP contribution < -0.4 is 5.32 Å². The summed E-state index contributed by atoms with van der Waals surface area (Å²) < 4.78 is 7.33. The molecule has 2 amide bonds. The van der Waals surface area contributed by atoms with Gasteiger partial charge in [-0.05, 0) is 25.3 Å². The van der Waals surface area contributed by atoms with Gasteiger partial charge in [0.15, 0.2) is 0 Å². The number of benzene rings is 1. The van der Waals surface area contributed by atoms with E-state index < -0.39 is 0 Å². The van der Waals surface area contributed by atoms with Gasteiger partial charge in [-0.2, -0.15) is 0 Å². The van der Waals surface area contributed by atoms with Crippen LogP contribution in [-0.4, -0.2) is 47.3 Å². The average molecular weight is 356 g/mol. The fourth-order valence-corrected chi connectivity index (χ4v) is 3.40. The SMILES string of the molecule is COCCn1ccnc1C1CCN(C(=O)NCc2ccc(C)cc2)CC1. The molecule has 0 unspecified atom stereocenters. The van der Waals surface area contributed by atoms with Crippen molar-refractivity contribution in [2.24, 2.45) is 0 Å². The summed E-state index contributed by atoms with van der Waals surface area (Å²) in [6, 6.07) is 8.27. The highest BCUT2D eigenvalue weighted by atomic mass is 16.5. The van der Waals surface area contributed by atoms with E-state index in [1.165, 1.54) is 5.56 Å². The van der Waals surface area contributed by atoms with Gasteiger partial charge in [-0.15, -0.1) is 0 Å². The number of hydrogen-bond donors (Lipinski definition) is 1. The van der Waals surface area contributed by atoms with E-state index in [1.54, 1.807) is 7.11 Å². The Hall–Kier alpha value is -2.34. The first-order valence-electron chi connectivity index (χ1n) is 9.25. The Labute approximate surface area is 155 Å². The molecule has 0 radical (unpaired) electrons. The summed E-state index contributed by atoms with van der Waals surface area (Å²) in [4.78, 5) is 18.9. The number of methoxy groups -OCH3 is 1. The van der Waals surface area contributed by atoms with Crippen LogP contribution in [0, 0.1) is 6.92 Å². The van der Waals surface area contributed by atoms with Crippen LogP contribution in [0.3, 0.4) is 0 Å². The highest BCUT2D eigenvalue weighted by Gasteiger charge is 2.26. The molecule has 2 aromatic rings. The third-order valence-corrected chi connectivity index (χ3v) is 5.00. The van der Waals surface area contributed by atoms with Gasteiger partial charge in [0.1, 0.15) is 5.82 Å². The lowest BCUT2D eigenvalue weighted by molar-refractivity contribution is 0.175. The number of hydrogen-bond acceptors (Lipinski definition) is 3. The Morgan fingerprint density at radius 2 is 2.00 bits per heavy atom. The van der Waals surface area contributed by atoms with E-state index in [4.69, 9.17) is 4.74 Å². The first-order valence-corrected chi connectivity index (χ1v) is 9.25. The molecule has 0 aliphatic carbocycles. The quantitative estimate of drug-likeness (QED) is 0.866. The summed E-state index contributed by atoms with van der Waals surface area (Å²) in [6.07, 6.45) is 5.75. The number of piperidine rings is 1. The molecular weight excluding hydrogens is 328 g/mol. The lowest BCUT2D eigenvalue weighted by Crippen LogP contribution is -2.44. The number of ether oxygens (including phenoxy) is 1. The van der Waals surface area contributed by atoms with Crippen molar-refractivity contribution in [1.29, 1.82) is 0 Å². The zero-order valence-corrected chi connectivity index (χ0v) is 15.6. The van der Waals surface area contributed by atoms with Crippen LogP contribution in [0.25, 0.3) is 0 Å². The minimum Gasteiger partial charge on any atom is -0.383 e. The molecule has 6 nitrogen and oxygen atoms in total. The van der Waals surface area contributed by atoms with Crippen LogP contribution in [-0.2, 0) is 17.8 Å². The van der Waals surface area contributed by atoms with Gasteiger partial charge in [0.2, 0.25) is 0 Å². The zero-order chi connectivity index (χ0) is 18.4. The monoisotopic (exact) mass is 356 g/mol. The third-order valence-electron chi connectivity index (χ3n) is 5.00. The number of urea groups is 1. The molecule has 6 heteroatoms. The number of nitrogens with zero attached hydrogens (tertiary/aromatic N) is 3. The lowest BCUT2D eigenvalue weighted by Gasteiger charge is -2.32. The largest absolute Gasteiger partial charge is 0.383 e. The number of carbonyl (C=O) groups is 1. The predicted octanol–water partition coefficient (Wildman–Crippen LogP) is 2.93. The topological polar surface area (TPSA) is 59.4 Å². The normalized spacial score (nSPS) is 15.2. The Morgan fingerprint density at radius 1 is 1.27 bits per heavy atom. The van der Waals surface area contributed by atoms with Crippen LogP contribution in [0.15, 0.2) is 36.7 Å². The van der Waals surface area contributed by atoms with Crippen molar-refractivity contribution in [2.45, 2.75) is 38.8 Å². The number of nitrogens with one attached hydrogen (secondary N) is 1. The molecule has 3 rings (SSSR count). The maximum Gasteiger partial charge on any atom is 0.317 e. The minimum absolute atomic E-state index is 0.0201. The molecule has 140 valence electrons. The summed E-state index contributed by atoms with van der Waals surface area (Å²) >= 11 is 0. The molecule has 0 spiro atoms. The molecule has 1 aromatic carbocycles. The number of carbonyl (C=O) groups excluding carboxylic acids is 1. The van der Waals surface area contributed by atoms with E-state index in [-0.39, 0.29) is 6.03 Å². The van der Waals surface area contributed by atoms with Crippen molar-refractivity contribution >= 4 is 6.03 Å². The molecule has 1 N–H and O–H groups in total. The van der Waals surface area contributed by atoms with Crippen LogP contribution in [0.4, 0.5) is 4.79 Å². The third kappa shape index (κ3) is 4.64. The van der Waals surface area contributed by atoms with Gasteiger partial charge < -0.3 is 19.5 Å². The molecule has 26 heavy (non-hydrogen) atoms. The summed E-state index contributed by atoms with van der Waals surface area (Å²) in [6.45, 7) is 5.67. The second-order valence-corrected chi connectivity index (χ2v) is 6.88. The highest BCUT2D eigenvalue weighted by Crippen LogP contribution is 2.27. The molecule has 0 atom stereocenters. The number of imidazole rings is 1. The number of aryl methyl sites for hydroxylation is 1. The van der Waals surface area contributed by atoms with Gasteiger partial charge >= 0.3 is 6.03 Å². The molecule has 1 saturated heterocycles. The second kappa shape index (κ2) is 8.85. The Morgan fingerprint density at radius 3 is 2.69 bits per heavy atom. The number of rotatable bonds is 6. The van der Waals surface area contributed by atoms with Crippen molar-refractivity contribution in [3.63, 3.8) is 0 Å². The van der Waals surface area contributed by atoms with E-state index in [2.05, 4.69) is 46.1 Å². The van der Waals surface area contributed by atoms with Gasteiger partial charge in [0, 0.05) is 51.6 Å². The molecule has 1 fully saturated rings. The van der Waals surface area contributed by atoms with Crippen molar-refractivity contribution in [3.8, 4) is 0 Å². The Balaban J connectivity index is 1.48. The van der Waals surface area contributed by atoms with Crippen LogP contribution in [0.5, 0.6) is 0 Å². The summed E-state index contributed by atoms with van der Waals surface area (Å²) in [5.41, 5.74) is 2.35. The molecule has 1 aliphatic heterocycles. The van der Waals surface area contributed by atoms with Crippen molar-refractivity contribution in [2.75, 3.05) is 26.8 Å². The minimum atomic E-state index is 0.0201. The molecule has 0 bridgehead atoms. The summed E-state index contributed by atoms with van der Waals surface area (Å²) in [7, 11) is 1.71. The molecule has 0 saturated carbocycles. The summed E-state index contributed by atoms with van der Waals surface area (Å²) in [5, 5.41) is 3.03. The number of likely N-dealkylation sites (tertiary alicyclic amines) is 1. The number of aromatic nitrogens is 2. The number of amides is 2. The van der Waals surface area contributed by atoms with Crippen molar-refractivity contribution < 1.29 is 9.53 Å². The maximum absolute atomic E-state index is 12.4. The average Bonchev–Trinajstić information content (AvgIpc) is 3.14. The van der Waals surface area contributed by atoms with E-state index >= 15 is 0 Å². The van der Waals surface area contributed by atoms with E-state index in [1.807, 2.05) is 17.3 Å². The van der Waals surface area contributed by atoms with Gasteiger partial charge in [0.25, 0.3) is 0 Å². The molecule has 1 aromatic heterocycles. The van der Waals surface area contributed by atoms with Crippen LogP contribution in [0.2, 0.25) is 0 Å². The first kappa shape index (κ1) is 18.5. The van der Waals surface area contributed by atoms with Crippen LogP contribution >= 0.6 is 0 Å². The first-order chi connectivity index (χ1) is 12.7. The van der Waals surface area contributed by atoms with E-state index in [0.29, 0.717) is 19.1 Å². The Bertz CT molecular complexity index is 703. The molecule has 1 aliphatic rings. The van der Waals surface area contributed by atoms with Gasteiger partial charge in [-0.25, -0.2) is 9.78 Å². The molecular formula is C20H28N4O2. The van der Waals surface area contributed by atoms with Gasteiger partial charge in [0.05, 0.1) is 6.61 Å². The van der Waals surface area contributed by atoms with Gasteiger partial charge in [-0.3, -0.25) is 0 Å². The van der Waals surface area contributed by atoms with Crippen LogP contribution in [0.1, 0.15) is 35.7 Å². The zero-order valence-electron chi connectivity index (χ0n) is 15.6. The fourth-order valence-electron chi connectivity index (χ4n) is 3.40. The maximum atomic E-state index is 12.4. The predicted molar refractivity (Wildman–Crippen MR) is 101 cm³/mol. The smallest absolute Gasteiger partial charge is 0.317 e. The Kier molecular flexibility index (Phi) is 6.28. The van der Waals surface area contributed by atoms with E-state index in [0.717, 1.165) is 43.9 Å². The summed E-state index contributed by atoms with van der Waals surface area (Å²) in [5.74, 6) is 1.52. The van der Waals surface area contributed by atoms with Gasteiger partial charge in [-0.1, -0.05) is 29.8 Å². The lowest BCUT2D eigenvalue weighted by atomic mass is 9.96.